The van der Waals surface area contributed by atoms with Gasteiger partial charge in [-0.3, -0.25) is 19.4 Å². The summed E-state index contributed by atoms with van der Waals surface area (Å²) in [6.45, 7) is 3.65. The second-order valence-electron chi connectivity index (χ2n) is 6.16. The fourth-order valence-electron chi connectivity index (χ4n) is 2.38. The fraction of sp³-hybridized carbons (Fsp3) is 0.562. The predicted octanol–water partition coefficient (Wildman–Crippen LogP) is -0.448. The number of anilines is 1. The van der Waals surface area contributed by atoms with E-state index in [1.165, 1.54) is 13.3 Å². The van der Waals surface area contributed by atoms with Gasteiger partial charge in [0, 0.05) is 19.4 Å². The Balaban J connectivity index is 2.05. The molecule has 148 valence electrons. The number of aromatic nitrogens is 4. The maximum absolute atomic E-state index is 11.8. The van der Waals surface area contributed by atoms with Gasteiger partial charge in [0.15, 0.2) is 11.2 Å². The number of carbonyl (C=O) groups is 2. The number of hydrogen-bond acceptors (Lipinski definition) is 9. The Kier molecular flexibility index (Phi) is 6.88. The molecular formula is C16H24N6O5. The number of nitrogens with one attached hydrogen (secondary N) is 1. The molecule has 0 saturated heterocycles. The van der Waals surface area contributed by atoms with E-state index in [9.17, 15) is 14.4 Å². The molecule has 11 heteroatoms. The van der Waals surface area contributed by atoms with E-state index >= 15 is 0 Å². The standard InChI is InChI=1S/C16H24N6O5/c1-3-11(17)15(25)27-7-10(6-26-9(2)23)4-5-22-8-19-12-13(22)20-16(18)21-14(12)24/h8,10-11H,3-7,17H2,1-2H3,(H3,18,20,21,24)/t10?,11-/m0/s1. The first-order valence-corrected chi connectivity index (χ1v) is 8.58. The molecule has 1 unspecified atom stereocenters. The molecule has 2 heterocycles. The van der Waals surface area contributed by atoms with Crippen molar-refractivity contribution in [3.05, 3.63) is 16.7 Å². The number of carbonyl (C=O) groups excluding carboxylic acids is 2. The monoisotopic (exact) mass is 380 g/mol. The summed E-state index contributed by atoms with van der Waals surface area (Å²) in [4.78, 5) is 45.2. The molecule has 0 radical (unpaired) electrons. The van der Waals surface area contributed by atoms with Gasteiger partial charge in [0.2, 0.25) is 5.95 Å². The first-order chi connectivity index (χ1) is 12.8. The number of ether oxygens (including phenoxy) is 2. The van der Waals surface area contributed by atoms with Crippen molar-refractivity contribution in [3.63, 3.8) is 0 Å². The smallest absolute Gasteiger partial charge is 0.322 e. The molecule has 0 aliphatic rings. The molecule has 2 aromatic heterocycles. The molecular weight excluding hydrogens is 356 g/mol. The van der Waals surface area contributed by atoms with Gasteiger partial charge in [-0.1, -0.05) is 6.92 Å². The van der Waals surface area contributed by atoms with E-state index in [1.807, 2.05) is 0 Å². The van der Waals surface area contributed by atoms with Crippen molar-refractivity contribution < 1.29 is 19.1 Å². The number of imidazole rings is 1. The zero-order valence-corrected chi connectivity index (χ0v) is 15.3. The van der Waals surface area contributed by atoms with Crippen LogP contribution in [0.1, 0.15) is 26.7 Å². The maximum Gasteiger partial charge on any atom is 0.322 e. The fourth-order valence-corrected chi connectivity index (χ4v) is 2.38. The summed E-state index contributed by atoms with van der Waals surface area (Å²) in [5.41, 5.74) is 11.3. The number of nitrogen functional groups attached to an aromatic ring is 1. The lowest BCUT2D eigenvalue weighted by Gasteiger charge is -2.18. The number of nitrogens with zero attached hydrogens (tertiary/aromatic N) is 3. The van der Waals surface area contributed by atoms with Gasteiger partial charge in [0.25, 0.3) is 5.56 Å². The Morgan fingerprint density at radius 1 is 1.33 bits per heavy atom. The lowest BCUT2D eigenvalue weighted by molar-refractivity contribution is -0.149. The molecule has 0 spiro atoms. The quantitative estimate of drug-likeness (QED) is 0.488. The molecule has 27 heavy (non-hydrogen) atoms. The van der Waals surface area contributed by atoms with E-state index in [1.54, 1.807) is 11.5 Å². The highest BCUT2D eigenvalue weighted by Crippen LogP contribution is 2.12. The van der Waals surface area contributed by atoms with Crippen LogP contribution in [0.15, 0.2) is 11.1 Å². The second-order valence-corrected chi connectivity index (χ2v) is 6.16. The van der Waals surface area contributed by atoms with E-state index in [4.69, 9.17) is 20.9 Å². The Morgan fingerprint density at radius 2 is 2.04 bits per heavy atom. The van der Waals surface area contributed by atoms with Crippen LogP contribution in [0.2, 0.25) is 0 Å². The summed E-state index contributed by atoms with van der Waals surface area (Å²) in [5, 5.41) is 0. The van der Waals surface area contributed by atoms with Gasteiger partial charge in [0.05, 0.1) is 19.5 Å². The normalized spacial score (nSPS) is 13.3. The first kappa shape index (κ1) is 20.4. The average molecular weight is 380 g/mol. The van der Waals surface area contributed by atoms with Crippen molar-refractivity contribution in [2.45, 2.75) is 39.3 Å². The Morgan fingerprint density at radius 3 is 2.70 bits per heavy atom. The zero-order valence-electron chi connectivity index (χ0n) is 15.3. The molecule has 0 aliphatic heterocycles. The van der Waals surface area contributed by atoms with E-state index in [-0.39, 0.29) is 30.6 Å². The lowest BCUT2D eigenvalue weighted by atomic mass is 10.1. The Bertz CT molecular complexity index is 861. The molecule has 0 amide bonds. The summed E-state index contributed by atoms with van der Waals surface area (Å²) in [5.74, 6) is -1.18. The van der Waals surface area contributed by atoms with Gasteiger partial charge in [-0.25, -0.2) is 4.98 Å². The Labute approximate surface area is 155 Å². The van der Waals surface area contributed by atoms with Crippen molar-refractivity contribution >= 4 is 29.1 Å². The van der Waals surface area contributed by atoms with Crippen LogP contribution in [0.5, 0.6) is 0 Å². The number of aryl methyl sites for hydroxylation is 1. The minimum atomic E-state index is -0.684. The number of aromatic amines is 1. The number of esters is 2. The SMILES string of the molecule is CC[C@H](N)C(=O)OCC(CCn1cnc2c(=O)[nH]c(N)nc21)COC(C)=O. The van der Waals surface area contributed by atoms with Gasteiger partial charge in [0.1, 0.15) is 6.04 Å². The van der Waals surface area contributed by atoms with Crippen molar-refractivity contribution in [2.75, 3.05) is 18.9 Å². The van der Waals surface area contributed by atoms with Gasteiger partial charge < -0.3 is 25.5 Å². The highest BCUT2D eigenvalue weighted by molar-refractivity contribution is 5.75. The molecule has 0 aromatic carbocycles. The molecule has 0 aliphatic carbocycles. The topological polar surface area (TPSA) is 168 Å². The van der Waals surface area contributed by atoms with Crippen LogP contribution in [-0.2, 0) is 25.6 Å². The lowest BCUT2D eigenvalue weighted by Crippen LogP contribution is -2.33. The van der Waals surface area contributed by atoms with Gasteiger partial charge >= 0.3 is 11.9 Å². The third-order valence-corrected chi connectivity index (χ3v) is 4.00. The number of rotatable bonds is 9. The Hall–Kier alpha value is -2.95. The van der Waals surface area contributed by atoms with Crippen LogP contribution in [0, 0.1) is 5.92 Å². The molecule has 0 saturated carbocycles. The zero-order chi connectivity index (χ0) is 20.0. The van der Waals surface area contributed by atoms with Crippen LogP contribution in [0.4, 0.5) is 5.95 Å². The second kappa shape index (κ2) is 9.12. The summed E-state index contributed by atoms with van der Waals surface area (Å²) in [6.07, 6.45) is 2.44. The first-order valence-electron chi connectivity index (χ1n) is 8.58. The van der Waals surface area contributed by atoms with Crippen LogP contribution in [0.25, 0.3) is 11.2 Å². The van der Waals surface area contributed by atoms with E-state index in [0.717, 1.165) is 0 Å². The molecule has 2 atom stereocenters. The van der Waals surface area contributed by atoms with E-state index < -0.39 is 23.5 Å². The largest absolute Gasteiger partial charge is 0.465 e. The van der Waals surface area contributed by atoms with Gasteiger partial charge in [-0.05, 0) is 12.8 Å². The molecule has 5 N–H and O–H groups in total. The highest BCUT2D eigenvalue weighted by Gasteiger charge is 2.18. The van der Waals surface area contributed by atoms with Crippen molar-refractivity contribution in [1.29, 1.82) is 0 Å². The number of H-pyrrole nitrogens is 1. The van der Waals surface area contributed by atoms with Crippen molar-refractivity contribution in [2.24, 2.45) is 11.7 Å². The van der Waals surface area contributed by atoms with Gasteiger partial charge in [-0.2, -0.15) is 4.98 Å². The maximum atomic E-state index is 11.8. The highest BCUT2D eigenvalue weighted by atomic mass is 16.5. The van der Waals surface area contributed by atoms with Crippen LogP contribution < -0.4 is 17.0 Å². The number of hydrogen-bond donors (Lipinski definition) is 3. The minimum Gasteiger partial charge on any atom is -0.465 e. The summed E-state index contributed by atoms with van der Waals surface area (Å²) >= 11 is 0. The van der Waals surface area contributed by atoms with Crippen LogP contribution >= 0.6 is 0 Å². The molecule has 11 nitrogen and oxygen atoms in total. The van der Waals surface area contributed by atoms with Crippen molar-refractivity contribution in [3.8, 4) is 0 Å². The van der Waals surface area contributed by atoms with Crippen LogP contribution in [0.3, 0.4) is 0 Å². The molecule has 2 aromatic rings. The van der Waals surface area contributed by atoms with Gasteiger partial charge in [-0.15, -0.1) is 0 Å². The van der Waals surface area contributed by atoms with E-state index in [2.05, 4.69) is 15.0 Å². The van der Waals surface area contributed by atoms with Crippen LogP contribution in [-0.4, -0.2) is 50.7 Å². The van der Waals surface area contributed by atoms with E-state index in [0.29, 0.717) is 25.0 Å². The third kappa shape index (κ3) is 5.51. The summed E-state index contributed by atoms with van der Waals surface area (Å²) in [6, 6.07) is -0.684. The molecule has 2 rings (SSSR count). The van der Waals surface area contributed by atoms with Crippen molar-refractivity contribution in [1.82, 2.24) is 19.5 Å². The number of fused-ring (bicyclic) bond motifs is 1. The average Bonchev–Trinajstić information content (AvgIpc) is 3.03. The minimum absolute atomic E-state index is 0.00630. The predicted molar refractivity (Wildman–Crippen MR) is 96.5 cm³/mol. The number of nitrogens with two attached hydrogens (primary N) is 2. The summed E-state index contributed by atoms with van der Waals surface area (Å²) in [7, 11) is 0. The summed E-state index contributed by atoms with van der Waals surface area (Å²) < 4.78 is 11.9. The molecule has 0 fully saturated rings. The third-order valence-electron chi connectivity index (χ3n) is 4.00. The molecule has 0 bridgehead atoms.